The predicted molar refractivity (Wildman–Crippen MR) is 114 cm³/mol. The maximum absolute atomic E-state index is 12.8. The monoisotopic (exact) mass is 425 g/mol. The number of nitrogens with zero attached hydrogens (tertiary/aromatic N) is 4. The van der Waals surface area contributed by atoms with E-state index in [4.69, 9.17) is 11.6 Å². The smallest absolute Gasteiger partial charge is 0.273 e. The van der Waals surface area contributed by atoms with E-state index in [-0.39, 0.29) is 11.3 Å². The standard InChI is InChI=1S/C21H20ClN5O3/c1-13-15(6-5-7-18(13)27(29)30)21(28)23-14-9-10-17(22)16(12-14)20-25-24-19-8-3-2-4-11-26(19)20/h5-7,9-10,12H,2-4,8,11H2,1H3,(H,23,28). The van der Waals surface area contributed by atoms with Gasteiger partial charge < -0.3 is 9.88 Å². The van der Waals surface area contributed by atoms with Crippen LogP contribution in [-0.4, -0.2) is 25.6 Å². The molecule has 0 spiro atoms. The van der Waals surface area contributed by atoms with Crippen molar-refractivity contribution in [2.45, 2.75) is 39.2 Å². The third-order valence-electron chi connectivity index (χ3n) is 5.32. The average Bonchev–Trinajstić information content (AvgIpc) is 2.97. The quantitative estimate of drug-likeness (QED) is 0.478. The largest absolute Gasteiger partial charge is 0.322 e. The van der Waals surface area contributed by atoms with E-state index < -0.39 is 10.8 Å². The maximum Gasteiger partial charge on any atom is 0.273 e. The van der Waals surface area contributed by atoms with Crippen LogP contribution in [0.5, 0.6) is 0 Å². The van der Waals surface area contributed by atoms with Crippen molar-refractivity contribution in [3.05, 3.63) is 68.5 Å². The van der Waals surface area contributed by atoms with Crippen LogP contribution in [0.15, 0.2) is 36.4 Å². The number of amides is 1. The SMILES string of the molecule is Cc1c(C(=O)Nc2ccc(Cl)c(-c3nnc4n3CCCCC4)c2)cccc1[N+](=O)[O-]. The molecule has 2 aromatic carbocycles. The van der Waals surface area contributed by atoms with Gasteiger partial charge in [0.05, 0.1) is 9.95 Å². The number of halogens is 1. The third-order valence-corrected chi connectivity index (χ3v) is 5.65. The van der Waals surface area contributed by atoms with E-state index in [1.807, 2.05) is 0 Å². The van der Waals surface area contributed by atoms with Gasteiger partial charge in [0.15, 0.2) is 5.82 Å². The number of hydrogen-bond donors (Lipinski definition) is 1. The topological polar surface area (TPSA) is 103 Å². The number of carbonyl (C=O) groups excluding carboxylic acids is 1. The lowest BCUT2D eigenvalue weighted by atomic mass is 10.1. The van der Waals surface area contributed by atoms with E-state index in [1.54, 1.807) is 31.2 Å². The second-order valence-electron chi connectivity index (χ2n) is 7.26. The third kappa shape index (κ3) is 3.78. The van der Waals surface area contributed by atoms with Gasteiger partial charge in [-0.1, -0.05) is 24.1 Å². The highest BCUT2D eigenvalue weighted by molar-refractivity contribution is 6.33. The van der Waals surface area contributed by atoms with Crippen LogP contribution in [-0.2, 0) is 13.0 Å². The summed E-state index contributed by atoms with van der Waals surface area (Å²) in [4.78, 5) is 23.4. The van der Waals surface area contributed by atoms with Crippen LogP contribution < -0.4 is 5.32 Å². The van der Waals surface area contributed by atoms with E-state index in [9.17, 15) is 14.9 Å². The number of aromatic nitrogens is 3. The summed E-state index contributed by atoms with van der Waals surface area (Å²) in [6.07, 6.45) is 4.17. The molecule has 9 heteroatoms. The molecule has 0 radical (unpaired) electrons. The fourth-order valence-corrected chi connectivity index (χ4v) is 3.93. The van der Waals surface area contributed by atoms with E-state index in [0.29, 0.717) is 27.7 Å². The Hall–Kier alpha value is -3.26. The zero-order valence-corrected chi connectivity index (χ0v) is 17.1. The molecule has 0 aliphatic carbocycles. The van der Waals surface area contributed by atoms with Crippen molar-refractivity contribution >= 4 is 28.9 Å². The molecule has 4 rings (SSSR count). The highest BCUT2D eigenvalue weighted by Crippen LogP contribution is 2.32. The zero-order chi connectivity index (χ0) is 21.3. The minimum absolute atomic E-state index is 0.0920. The first-order valence-electron chi connectivity index (χ1n) is 9.73. The molecular formula is C21H20ClN5O3. The van der Waals surface area contributed by atoms with Crippen LogP contribution in [0.4, 0.5) is 11.4 Å². The fraction of sp³-hybridized carbons (Fsp3) is 0.286. The normalized spacial score (nSPS) is 13.4. The van der Waals surface area contributed by atoms with Crippen molar-refractivity contribution in [2.75, 3.05) is 5.32 Å². The Morgan fingerprint density at radius 1 is 1.20 bits per heavy atom. The summed E-state index contributed by atoms with van der Waals surface area (Å²) in [7, 11) is 0. The minimum atomic E-state index is -0.497. The summed E-state index contributed by atoms with van der Waals surface area (Å²) < 4.78 is 2.09. The number of nitro benzene ring substituents is 1. The first-order valence-corrected chi connectivity index (χ1v) is 10.1. The van der Waals surface area contributed by atoms with Gasteiger partial charge in [-0.3, -0.25) is 14.9 Å². The zero-order valence-electron chi connectivity index (χ0n) is 16.4. The van der Waals surface area contributed by atoms with Crippen LogP contribution in [0.1, 0.15) is 41.0 Å². The van der Waals surface area contributed by atoms with Crippen molar-refractivity contribution in [1.29, 1.82) is 0 Å². The first kappa shape index (κ1) is 20.0. The lowest BCUT2D eigenvalue weighted by molar-refractivity contribution is -0.385. The molecule has 1 amide bonds. The number of benzene rings is 2. The minimum Gasteiger partial charge on any atom is -0.322 e. The number of nitro groups is 1. The van der Waals surface area contributed by atoms with Gasteiger partial charge in [-0.05, 0) is 44.0 Å². The maximum atomic E-state index is 12.8. The van der Waals surface area contributed by atoms with Crippen molar-refractivity contribution in [3.63, 3.8) is 0 Å². The number of anilines is 1. The molecule has 30 heavy (non-hydrogen) atoms. The van der Waals surface area contributed by atoms with Gasteiger partial charge >= 0.3 is 0 Å². The van der Waals surface area contributed by atoms with Crippen molar-refractivity contribution < 1.29 is 9.72 Å². The molecule has 154 valence electrons. The summed E-state index contributed by atoms with van der Waals surface area (Å²) >= 11 is 6.44. The molecule has 0 saturated heterocycles. The number of rotatable bonds is 4. The van der Waals surface area contributed by atoms with Gasteiger partial charge in [0, 0.05) is 41.4 Å². The first-order chi connectivity index (χ1) is 14.5. The Morgan fingerprint density at radius 2 is 2.03 bits per heavy atom. The second kappa shape index (κ2) is 8.23. The molecule has 2 heterocycles. The molecule has 8 nitrogen and oxygen atoms in total. The number of hydrogen-bond acceptors (Lipinski definition) is 5. The molecule has 3 aromatic rings. The van der Waals surface area contributed by atoms with Gasteiger partial charge in [0.25, 0.3) is 11.6 Å². The van der Waals surface area contributed by atoms with Crippen LogP contribution in [0.25, 0.3) is 11.4 Å². The molecule has 1 aromatic heterocycles. The summed E-state index contributed by atoms with van der Waals surface area (Å²) in [5.74, 6) is 1.20. The number of aryl methyl sites for hydroxylation is 1. The summed E-state index contributed by atoms with van der Waals surface area (Å²) in [6.45, 7) is 2.39. The molecular weight excluding hydrogens is 406 g/mol. The Morgan fingerprint density at radius 3 is 2.83 bits per heavy atom. The van der Waals surface area contributed by atoms with Gasteiger partial charge in [0.1, 0.15) is 5.82 Å². The van der Waals surface area contributed by atoms with Gasteiger partial charge in [0.2, 0.25) is 0 Å². The molecule has 0 atom stereocenters. The molecule has 0 bridgehead atoms. The predicted octanol–water partition coefficient (Wildman–Crippen LogP) is 4.79. The van der Waals surface area contributed by atoms with Crippen LogP contribution in [0.2, 0.25) is 5.02 Å². The van der Waals surface area contributed by atoms with Crippen molar-refractivity contribution in [1.82, 2.24) is 14.8 Å². The summed E-state index contributed by atoms with van der Waals surface area (Å²) in [5, 5.41) is 23.1. The van der Waals surface area contributed by atoms with Crippen LogP contribution >= 0.6 is 11.6 Å². The lowest BCUT2D eigenvalue weighted by Gasteiger charge is -2.12. The summed E-state index contributed by atoms with van der Waals surface area (Å²) in [6, 6.07) is 9.59. The van der Waals surface area contributed by atoms with Crippen LogP contribution in [0.3, 0.4) is 0 Å². The Balaban J connectivity index is 1.65. The Labute approximate surface area is 178 Å². The fourth-order valence-electron chi connectivity index (χ4n) is 3.72. The van der Waals surface area contributed by atoms with Gasteiger partial charge in [-0.15, -0.1) is 10.2 Å². The molecule has 1 aliphatic heterocycles. The molecule has 0 fully saturated rings. The summed E-state index contributed by atoms with van der Waals surface area (Å²) in [5.41, 5.74) is 1.68. The van der Waals surface area contributed by atoms with Crippen LogP contribution in [0, 0.1) is 17.0 Å². The Kier molecular flexibility index (Phi) is 5.50. The van der Waals surface area contributed by atoms with E-state index in [1.165, 1.54) is 12.1 Å². The molecule has 0 unspecified atom stereocenters. The van der Waals surface area contributed by atoms with Gasteiger partial charge in [-0.2, -0.15) is 0 Å². The van der Waals surface area contributed by atoms with E-state index in [0.717, 1.165) is 38.1 Å². The molecule has 0 saturated carbocycles. The Bertz CT molecular complexity index is 1140. The number of nitrogens with one attached hydrogen (secondary N) is 1. The molecule has 1 N–H and O–H groups in total. The molecule has 1 aliphatic rings. The highest BCUT2D eigenvalue weighted by atomic mass is 35.5. The lowest BCUT2D eigenvalue weighted by Crippen LogP contribution is -2.14. The average molecular weight is 426 g/mol. The van der Waals surface area contributed by atoms with E-state index >= 15 is 0 Å². The van der Waals surface area contributed by atoms with Crippen molar-refractivity contribution in [3.8, 4) is 11.4 Å². The number of fused-ring (bicyclic) bond motifs is 1. The second-order valence-corrected chi connectivity index (χ2v) is 7.66. The van der Waals surface area contributed by atoms with E-state index in [2.05, 4.69) is 20.1 Å². The highest BCUT2D eigenvalue weighted by Gasteiger charge is 2.20. The van der Waals surface area contributed by atoms with Crippen molar-refractivity contribution in [2.24, 2.45) is 0 Å². The number of carbonyl (C=O) groups is 1. The van der Waals surface area contributed by atoms with Gasteiger partial charge in [-0.25, -0.2) is 0 Å².